The Hall–Kier alpha value is -2.44. The van der Waals surface area contributed by atoms with Crippen LogP contribution in [-0.2, 0) is 10.0 Å². The van der Waals surface area contributed by atoms with E-state index in [2.05, 4.69) is 5.10 Å². The molecule has 1 heterocycles. The van der Waals surface area contributed by atoms with Crippen LogP contribution in [0.4, 0.5) is 0 Å². The van der Waals surface area contributed by atoms with Gasteiger partial charge in [0.05, 0.1) is 5.69 Å². The quantitative estimate of drug-likeness (QED) is 0.807. The van der Waals surface area contributed by atoms with Gasteiger partial charge in [0.1, 0.15) is 4.90 Å². The van der Waals surface area contributed by atoms with Gasteiger partial charge in [-0.25, -0.2) is 18.2 Å². The number of nitrogens with zero attached hydrogens (tertiary/aromatic N) is 2. The molecule has 112 valence electrons. The second-order valence-electron chi connectivity index (χ2n) is 5.01. The number of hydrogen-bond donors (Lipinski definition) is 1. The van der Waals surface area contributed by atoms with Crippen molar-refractivity contribution in [1.29, 1.82) is 0 Å². The number of aromatic nitrogens is 2. The van der Waals surface area contributed by atoms with Crippen LogP contribution in [0.1, 0.15) is 5.56 Å². The lowest BCUT2D eigenvalue weighted by Gasteiger charge is -2.14. The van der Waals surface area contributed by atoms with Gasteiger partial charge < -0.3 is 0 Å². The average molecular weight is 313 g/mol. The van der Waals surface area contributed by atoms with E-state index in [0.717, 1.165) is 16.7 Å². The zero-order chi connectivity index (χ0) is 15.7. The standard InChI is InChI=1S/C16H15N3O2S/c1-12-6-8-13(9-7-12)14-4-2-5-15(22(17,20)21)16(14)19-11-3-10-18-19/h2-11H,1H3,(H2,17,20,21). The van der Waals surface area contributed by atoms with Crippen LogP contribution in [0.25, 0.3) is 16.8 Å². The summed E-state index contributed by atoms with van der Waals surface area (Å²) in [5, 5.41) is 9.53. The Labute approximate surface area is 129 Å². The molecule has 2 N–H and O–H groups in total. The summed E-state index contributed by atoms with van der Waals surface area (Å²) in [6.07, 6.45) is 3.29. The van der Waals surface area contributed by atoms with Crippen molar-refractivity contribution >= 4 is 10.0 Å². The summed E-state index contributed by atoms with van der Waals surface area (Å²) in [5.74, 6) is 0. The van der Waals surface area contributed by atoms with Crippen molar-refractivity contribution in [3.05, 3.63) is 66.5 Å². The number of aryl methyl sites for hydroxylation is 1. The molecule has 6 heteroatoms. The van der Waals surface area contributed by atoms with Gasteiger partial charge in [-0.3, -0.25) is 0 Å². The van der Waals surface area contributed by atoms with Crippen molar-refractivity contribution in [2.45, 2.75) is 11.8 Å². The first-order valence-corrected chi connectivity index (χ1v) is 8.24. The lowest BCUT2D eigenvalue weighted by atomic mass is 10.0. The average Bonchev–Trinajstić information content (AvgIpc) is 3.00. The molecule has 1 aromatic heterocycles. The predicted molar refractivity (Wildman–Crippen MR) is 85.1 cm³/mol. The van der Waals surface area contributed by atoms with Crippen LogP contribution in [-0.4, -0.2) is 18.2 Å². The molecule has 0 aliphatic heterocycles. The fourth-order valence-electron chi connectivity index (χ4n) is 2.36. The first-order chi connectivity index (χ1) is 10.5. The Morgan fingerprint density at radius 2 is 1.77 bits per heavy atom. The number of primary sulfonamides is 1. The predicted octanol–water partition coefficient (Wildman–Crippen LogP) is 2.50. The van der Waals surface area contributed by atoms with E-state index in [1.54, 1.807) is 24.5 Å². The Bertz CT molecular complexity index is 899. The second kappa shape index (κ2) is 5.40. The normalized spacial score (nSPS) is 11.5. The number of para-hydroxylation sites is 1. The molecule has 0 amide bonds. The van der Waals surface area contributed by atoms with E-state index in [1.807, 2.05) is 37.3 Å². The summed E-state index contributed by atoms with van der Waals surface area (Å²) < 4.78 is 25.4. The van der Waals surface area contributed by atoms with Crippen molar-refractivity contribution in [1.82, 2.24) is 9.78 Å². The molecule has 0 aliphatic rings. The zero-order valence-electron chi connectivity index (χ0n) is 12.0. The van der Waals surface area contributed by atoms with Crippen molar-refractivity contribution in [2.75, 3.05) is 0 Å². The molecule has 0 fully saturated rings. The van der Waals surface area contributed by atoms with E-state index >= 15 is 0 Å². The van der Waals surface area contributed by atoms with Crippen LogP contribution in [0.2, 0.25) is 0 Å². The molecule has 2 aromatic carbocycles. The summed E-state index contributed by atoms with van der Waals surface area (Å²) in [4.78, 5) is 0.0503. The molecule has 0 saturated heterocycles. The summed E-state index contributed by atoms with van der Waals surface area (Å²) in [6.45, 7) is 2.00. The Morgan fingerprint density at radius 1 is 1.05 bits per heavy atom. The number of benzene rings is 2. The third kappa shape index (κ3) is 2.66. The molecule has 0 radical (unpaired) electrons. The molecule has 22 heavy (non-hydrogen) atoms. The highest BCUT2D eigenvalue weighted by Gasteiger charge is 2.19. The van der Waals surface area contributed by atoms with Crippen LogP contribution in [0.15, 0.2) is 65.8 Å². The van der Waals surface area contributed by atoms with Crippen LogP contribution in [0, 0.1) is 6.92 Å². The Balaban J connectivity index is 2.34. The van der Waals surface area contributed by atoms with Gasteiger partial charge in [-0.2, -0.15) is 5.10 Å². The number of hydrogen-bond acceptors (Lipinski definition) is 3. The molecule has 0 unspecified atom stereocenters. The minimum absolute atomic E-state index is 0.0503. The van der Waals surface area contributed by atoms with Crippen molar-refractivity contribution in [3.63, 3.8) is 0 Å². The van der Waals surface area contributed by atoms with Gasteiger partial charge in [-0.05, 0) is 24.6 Å². The van der Waals surface area contributed by atoms with Crippen molar-refractivity contribution in [3.8, 4) is 16.8 Å². The molecule has 3 aromatic rings. The second-order valence-corrected chi connectivity index (χ2v) is 6.54. The van der Waals surface area contributed by atoms with E-state index in [9.17, 15) is 8.42 Å². The van der Waals surface area contributed by atoms with E-state index in [4.69, 9.17) is 5.14 Å². The van der Waals surface area contributed by atoms with E-state index < -0.39 is 10.0 Å². The van der Waals surface area contributed by atoms with Crippen LogP contribution in [0.3, 0.4) is 0 Å². The van der Waals surface area contributed by atoms with Gasteiger partial charge in [0.25, 0.3) is 0 Å². The topological polar surface area (TPSA) is 78.0 Å². The zero-order valence-corrected chi connectivity index (χ0v) is 12.8. The Morgan fingerprint density at radius 3 is 2.36 bits per heavy atom. The lowest BCUT2D eigenvalue weighted by molar-refractivity contribution is 0.596. The number of nitrogens with two attached hydrogens (primary N) is 1. The van der Waals surface area contributed by atoms with Gasteiger partial charge in [-0.1, -0.05) is 42.0 Å². The fourth-order valence-corrected chi connectivity index (χ4v) is 3.10. The van der Waals surface area contributed by atoms with Gasteiger partial charge in [0.15, 0.2) is 0 Å². The third-order valence-electron chi connectivity index (χ3n) is 3.40. The molecular formula is C16H15N3O2S. The Kier molecular flexibility index (Phi) is 3.56. The smallest absolute Gasteiger partial charge is 0.239 e. The monoisotopic (exact) mass is 313 g/mol. The third-order valence-corrected chi connectivity index (χ3v) is 4.34. The van der Waals surface area contributed by atoms with Gasteiger partial charge in [0.2, 0.25) is 10.0 Å². The maximum Gasteiger partial charge on any atom is 0.240 e. The highest BCUT2D eigenvalue weighted by atomic mass is 32.2. The number of rotatable bonds is 3. The van der Waals surface area contributed by atoms with E-state index in [-0.39, 0.29) is 4.90 Å². The minimum Gasteiger partial charge on any atom is -0.239 e. The van der Waals surface area contributed by atoms with Gasteiger partial charge >= 0.3 is 0 Å². The van der Waals surface area contributed by atoms with Crippen LogP contribution in [0.5, 0.6) is 0 Å². The van der Waals surface area contributed by atoms with Crippen molar-refractivity contribution in [2.24, 2.45) is 5.14 Å². The van der Waals surface area contributed by atoms with Crippen molar-refractivity contribution < 1.29 is 8.42 Å². The first-order valence-electron chi connectivity index (χ1n) is 6.70. The van der Waals surface area contributed by atoms with Crippen LogP contribution < -0.4 is 5.14 Å². The molecule has 0 aliphatic carbocycles. The van der Waals surface area contributed by atoms with Gasteiger partial charge in [0, 0.05) is 18.0 Å². The largest absolute Gasteiger partial charge is 0.240 e. The number of sulfonamides is 1. The summed E-state index contributed by atoms with van der Waals surface area (Å²) in [5.41, 5.74) is 3.25. The fraction of sp³-hybridized carbons (Fsp3) is 0.0625. The van der Waals surface area contributed by atoms with E-state index in [0.29, 0.717) is 5.69 Å². The van der Waals surface area contributed by atoms with Gasteiger partial charge in [-0.15, -0.1) is 0 Å². The summed E-state index contributed by atoms with van der Waals surface area (Å²) in [7, 11) is -3.86. The molecule has 0 spiro atoms. The molecule has 0 bridgehead atoms. The molecule has 3 rings (SSSR count). The maximum atomic E-state index is 11.9. The molecular weight excluding hydrogens is 298 g/mol. The summed E-state index contributed by atoms with van der Waals surface area (Å²) >= 11 is 0. The van der Waals surface area contributed by atoms with E-state index in [1.165, 1.54) is 10.7 Å². The molecule has 0 saturated carbocycles. The highest BCUT2D eigenvalue weighted by molar-refractivity contribution is 7.89. The minimum atomic E-state index is -3.86. The highest BCUT2D eigenvalue weighted by Crippen LogP contribution is 2.31. The SMILES string of the molecule is Cc1ccc(-c2cccc(S(N)(=O)=O)c2-n2cccn2)cc1. The molecule has 5 nitrogen and oxygen atoms in total. The maximum absolute atomic E-state index is 11.9. The first kappa shape index (κ1) is 14.5. The molecule has 0 atom stereocenters. The lowest BCUT2D eigenvalue weighted by Crippen LogP contribution is -2.16. The summed E-state index contributed by atoms with van der Waals surface area (Å²) in [6, 6.07) is 14.6. The van der Waals surface area contributed by atoms with Crippen LogP contribution >= 0.6 is 0 Å².